The van der Waals surface area contributed by atoms with Crippen LogP contribution in [0.25, 0.3) is 10.8 Å². The van der Waals surface area contributed by atoms with E-state index in [9.17, 15) is 14.7 Å². The second-order valence-corrected chi connectivity index (χ2v) is 7.97. The molecule has 4 N–H and O–H groups in total. The predicted molar refractivity (Wildman–Crippen MR) is 112 cm³/mol. The van der Waals surface area contributed by atoms with Gasteiger partial charge >= 0.3 is 0 Å². The Labute approximate surface area is 174 Å². The van der Waals surface area contributed by atoms with E-state index in [0.29, 0.717) is 40.8 Å². The smallest absolute Gasteiger partial charge is 0.253 e. The van der Waals surface area contributed by atoms with E-state index in [0.717, 1.165) is 19.3 Å². The molecular weight excluding hydrogens is 386 g/mol. The van der Waals surface area contributed by atoms with E-state index in [1.54, 1.807) is 26.4 Å². The predicted octanol–water partition coefficient (Wildman–Crippen LogP) is 1.68. The van der Waals surface area contributed by atoms with E-state index < -0.39 is 12.1 Å². The Bertz CT molecular complexity index is 962. The number of ether oxygens (including phenoxy) is 1. The molecule has 3 atom stereocenters. The zero-order valence-corrected chi connectivity index (χ0v) is 17.1. The van der Waals surface area contributed by atoms with Crippen LogP contribution in [0.2, 0.25) is 0 Å². The van der Waals surface area contributed by atoms with Gasteiger partial charge in [-0.05, 0) is 38.2 Å². The highest BCUT2D eigenvalue weighted by atomic mass is 16.5. The number of anilines is 2. The van der Waals surface area contributed by atoms with Gasteiger partial charge in [-0.3, -0.25) is 9.59 Å². The van der Waals surface area contributed by atoms with E-state index in [4.69, 9.17) is 4.74 Å². The minimum absolute atomic E-state index is 0.00803. The van der Waals surface area contributed by atoms with Crippen molar-refractivity contribution in [3.63, 3.8) is 0 Å². The average molecular weight is 413 g/mol. The van der Waals surface area contributed by atoms with Crippen LogP contribution in [-0.4, -0.2) is 59.3 Å². The maximum absolute atomic E-state index is 13.1. The SMILES string of the molecule is CNc1ncc(C(=O)NC2CC(OC)CCC2O)c2cc(NC(=O)C3CC3)ncc12. The first-order chi connectivity index (χ1) is 14.5. The summed E-state index contributed by atoms with van der Waals surface area (Å²) >= 11 is 0. The first-order valence-electron chi connectivity index (χ1n) is 10.3. The molecule has 0 spiro atoms. The van der Waals surface area contributed by atoms with Crippen molar-refractivity contribution in [1.82, 2.24) is 15.3 Å². The third kappa shape index (κ3) is 4.22. The average Bonchev–Trinajstić information content (AvgIpc) is 3.60. The van der Waals surface area contributed by atoms with Gasteiger partial charge in [-0.25, -0.2) is 9.97 Å². The lowest BCUT2D eigenvalue weighted by Crippen LogP contribution is -2.48. The quantitative estimate of drug-likeness (QED) is 0.568. The number of rotatable bonds is 6. The number of hydrogen-bond acceptors (Lipinski definition) is 7. The summed E-state index contributed by atoms with van der Waals surface area (Å²) < 4.78 is 5.40. The Hall–Kier alpha value is -2.78. The molecule has 3 unspecified atom stereocenters. The Morgan fingerprint density at radius 3 is 2.63 bits per heavy atom. The van der Waals surface area contributed by atoms with E-state index in [-0.39, 0.29) is 23.8 Å². The fourth-order valence-electron chi connectivity index (χ4n) is 3.89. The van der Waals surface area contributed by atoms with Crippen LogP contribution >= 0.6 is 0 Å². The summed E-state index contributed by atoms with van der Waals surface area (Å²) in [5, 5.41) is 20.4. The fourth-order valence-corrected chi connectivity index (χ4v) is 3.89. The molecule has 2 aromatic rings. The Kier molecular flexibility index (Phi) is 5.83. The molecule has 2 fully saturated rings. The van der Waals surface area contributed by atoms with Crippen molar-refractivity contribution in [2.24, 2.45) is 5.92 Å². The van der Waals surface area contributed by atoms with Crippen molar-refractivity contribution in [2.45, 2.75) is 50.4 Å². The van der Waals surface area contributed by atoms with Crippen LogP contribution in [0.4, 0.5) is 11.6 Å². The lowest BCUT2D eigenvalue weighted by Gasteiger charge is -2.33. The summed E-state index contributed by atoms with van der Waals surface area (Å²) in [4.78, 5) is 33.9. The number of hydrogen-bond donors (Lipinski definition) is 4. The first kappa shape index (κ1) is 20.5. The molecule has 2 aliphatic carbocycles. The van der Waals surface area contributed by atoms with Crippen LogP contribution in [0.15, 0.2) is 18.5 Å². The molecule has 2 aliphatic rings. The first-order valence-corrected chi connectivity index (χ1v) is 10.3. The maximum atomic E-state index is 13.1. The Morgan fingerprint density at radius 2 is 1.93 bits per heavy atom. The van der Waals surface area contributed by atoms with Crippen molar-refractivity contribution >= 4 is 34.2 Å². The molecule has 30 heavy (non-hydrogen) atoms. The minimum atomic E-state index is -0.619. The third-order valence-corrected chi connectivity index (χ3v) is 5.87. The molecule has 9 nitrogen and oxygen atoms in total. The van der Waals surface area contributed by atoms with Crippen LogP contribution < -0.4 is 16.0 Å². The fraction of sp³-hybridized carbons (Fsp3) is 0.524. The number of nitrogens with one attached hydrogen (secondary N) is 3. The zero-order valence-electron chi connectivity index (χ0n) is 17.1. The summed E-state index contributed by atoms with van der Waals surface area (Å²) in [6.45, 7) is 0. The van der Waals surface area contributed by atoms with Gasteiger partial charge in [0, 0.05) is 43.2 Å². The van der Waals surface area contributed by atoms with Gasteiger partial charge in [0.05, 0.1) is 23.8 Å². The molecule has 0 aromatic carbocycles. The monoisotopic (exact) mass is 413 g/mol. The number of aromatic nitrogens is 2. The lowest BCUT2D eigenvalue weighted by atomic mass is 9.90. The highest BCUT2D eigenvalue weighted by Gasteiger charge is 2.32. The minimum Gasteiger partial charge on any atom is -0.391 e. The number of aliphatic hydroxyl groups is 1. The van der Waals surface area contributed by atoms with Crippen molar-refractivity contribution in [3.05, 3.63) is 24.0 Å². The molecule has 0 radical (unpaired) electrons. The number of aliphatic hydroxyl groups excluding tert-OH is 1. The van der Waals surface area contributed by atoms with Gasteiger partial charge in [0.15, 0.2) is 0 Å². The lowest BCUT2D eigenvalue weighted by molar-refractivity contribution is -0.117. The van der Waals surface area contributed by atoms with Crippen molar-refractivity contribution in [1.29, 1.82) is 0 Å². The normalized spacial score (nSPS) is 23.8. The summed E-state index contributed by atoms with van der Waals surface area (Å²) in [7, 11) is 3.38. The summed E-state index contributed by atoms with van der Waals surface area (Å²) in [5.74, 6) is 0.663. The molecule has 160 valence electrons. The highest BCUT2D eigenvalue weighted by Crippen LogP contribution is 2.31. The molecule has 2 heterocycles. The van der Waals surface area contributed by atoms with Crippen molar-refractivity contribution in [3.8, 4) is 0 Å². The molecule has 0 aliphatic heterocycles. The van der Waals surface area contributed by atoms with Gasteiger partial charge in [-0.1, -0.05) is 0 Å². The number of carbonyl (C=O) groups excluding carboxylic acids is 2. The molecular formula is C21H27N5O4. The second-order valence-electron chi connectivity index (χ2n) is 7.97. The number of methoxy groups -OCH3 is 1. The van der Waals surface area contributed by atoms with E-state index in [2.05, 4.69) is 25.9 Å². The van der Waals surface area contributed by atoms with Gasteiger partial charge in [0.25, 0.3) is 5.91 Å². The summed E-state index contributed by atoms with van der Waals surface area (Å²) in [6, 6.07) is 1.30. The van der Waals surface area contributed by atoms with E-state index in [1.165, 1.54) is 6.20 Å². The Morgan fingerprint density at radius 1 is 1.13 bits per heavy atom. The van der Waals surface area contributed by atoms with Crippen molar-refractivity contribution in [2.75, 3.05) is 24.8 Å². The van der Waals surface area contributed by atoms with Crippen LogP contribution in [0, 0.1) is 5.92 Å². The number of pyridine rings is 2. The molecule has 0 bridgehead atoms. The summed E-state index contributed by atoms with van der Waals surface area (Å²) in [5.41, 5.74) is 0.361. The zero-order chi connectivity index (χ0) is 21.3. The second kappa shape index (κ2) is 8.53. The molecule has 2 amide bonds. The van der Waals surface area contributed by atoms with Crippen molar-refractivity contribution < 1.29 is 19.4 Å². The molecule has 4 rings (SSSR count). The van der Waals surface area contributed by atoms with Gasteiger partial charge in [0.2, 0.25) is 5.91 Å². The molecule has 2 aromatic heterocycles. The largest absolute Gasteiger partial charge is 0.391 e. The highest BCUT2D eigenvalue weighted by molar-refractivity contribution is 6.10. The van der Waals surface area contributed by atoms with Gasteiger partial charge in [-0.15, -0.1) is 0 Å². The summed E-state index contributed by atoms with van der Waals surface area (Å²) in [6.07, 6.45) is 6.17. The number of nitrogens with zero attached hydrogens (tertiary/aromatic N) is 2. The topological polar surface area (TPSA) is 125 Å². The van der Waals surface area contributed by atoms with Crippen LogP contribution in [0.5, 0.6) is 0 Å². The van der Waals surface area contributed by atoms with Crippen LogP contribution in [-0.2, 0) is 9.53 Å². The van der Waals surface area contributed by atoms with Crippen LogP contribution in [0.1, 0.15) is 42.5 Å². The number of fused-ring (bicyclic) bond motifs is 1. The maximum Gasteiger partial charge on any atom is 0.253 e. The molecule has 0 saturated heterocycles. The number of amides is 2. The van der Waals surface area contributed by atoms with Gasteiger partial charge < -0.3 is 25.8 Å². The van der Waals surface area contributed by atoms with E-state index in [1.807, 2.05) is 0 Å². The van der Waals surface area contributed by atoms with Gasteiger partial charge in [-0.2, -0.15) is 0 Å². The van der Waals surface area contributed by atoms with E-state index >= 15 is 0 Å². The van der Waals surface area contributed by atoms with Gasteiger partial charge in [0.1, 0.15) is 11.6 Å². The number of carbonyl (C=O) groups is 2. The Balaban J connectivity index is 1.62. The molecule has 2 saturated carbocycles. The van der Waals surface area contributed by atoms with Crippen LogP contribution in [0.3, 0.4) is 0 Å². The third-order valence-electron chi connectivity index (χ3n) is 5.87. The molecule has 9 heteroatoms. The standard InChI is InChI=1S/C21H27N5O4/c1-22-19-14-9-23-18(26-20(28)11-3-4-11)8-13(14)15(10-24-19)21(29)25-16-7-12(30-2)5-6-17(16)27/h8-12,16-17,27H,3-7H2,1-2H3,(H,22,24)(H,25,29)(H,23,26,28).